The van der Waals surface area contributed by atoms with Crippen LogP contribution in [0.15, 0.2) is 34.9 Å². The van der Waals surface area contributed by atoms with Gasteiger partial charge in [-0.3, -0.25) is 0 Å². The van der Waals surface area contributed by atoms with Crippen molar-refractivity contribution in [3.8, 4) is 0 Å². The maximum atomic E-state index is 13.8. The van der Waals surface area contributed by atoms with E-state index in [9.17, 15) is 60.0 Å². The third kappa shape index (κ3) is 8.48. The van der Waals surface area contributed by atoms with Crippen molar-refractivity contribution in [2.75, 3.05) is 13.2 Å². The van der Waals surface area contributed by atoms with Crippen LogP contribution in [0.3, 0.4) is 0 Å². The molecule has 4 saturated carbocycles. The van der Waals surface area contributed by atoms with E-state index in [1.165, 1.54) is 0 Å². The second kappa shape index (κ2) is 19.0. The highest BCUT2D eigenvalue weighted by Crippen LogP contribution is 2.77. The van der Waals surface area contributed by atoms with Gasteiger partial charge in [-0.2, -0.15) is 0 Å². The molecular formula is C51H76O18. The summed E-state index contributed by atoms with van der Waals surface area (Å²) in [5.41, 5.74) is -3.45. The lowest BCUT2D eigenvalue weighted by Crippen LogP contribution is -2.73. The van der Waals surface area contributed by atoms with Crippen LogP contribution in [-0.4, -0.2) is 158 Å². The van der Waals surface area contributed by atoms with Crippen molar-refractivity contribution in [3.05, 3.63) is 34.9 Å². The normalized spacial score (nSPS) is 48.6. The van der Waals surface area contributed by atoms with Crippen LogP contribution in [0.4, 0.5) is 0 Å². The number of aldehydes is 1. The maximum Gasteiger partial charge on any atom is 0.335 e. The molecule has 7 rings (SSSR count). The number of ether oxygens (including phenoxy) is 6. The number of esters is 2. The average molecular weight is 977 g/mol. The van der Waals surface area contributed by atoms with E-state index in [-0.39, 0.29) is 18.3 Å². The molecule has 0 aromatic carbocycles. The number of carboxylic acids is 1. The van der Waals surface area contributed by atoms with Crippen LogP contribution in [0.2, 0.25) is 0 Å². The van der Waals surface area contributed by atoms with Gasteiger partial charge in [0.1, 0.15) is 49.0 Å². The molecule has 8 N–H and O–H groups in total. The SMILES string of the molecule is CC=C(C)C(=O)OC1C(OC(=O)C(C)=CC)C2(CO)C(O)CC3(C)C(=CCC4C5(C)CCC(OC6OC(C(=O)O)C(O)C(OC7OCC(O)C(O)C7O)C6O)CC5C(C)(C=O)CC43C)C2CC1(C)C. The van der Waals surface area contributed by atoms with Crippen molar-refractivity contribution in [1.29, 1.82) is 0 Å². The first-order valence-electron chi connectivity index (χ1n) is 24.5. The van der Waals surface area contributed by atoms with Gasteiger partial charge in [-0.1, -0.05) is 65.3 Å². The Kier molecular flexibility index (Phi) is 14.8. The van der Waals surface area contributed by atoms with Crippen LogP contribution in [0.1, 0.15) is 114 Å². The fourth-order valence-electron chi connectivity index (χ4n) is 14.6. The lowest BCUT2D eigenvalue weighted by Gasteiger charge is -2.73. The summed E-state index contributed by atoms with van der Waals surface area (Å²) in [5, 5.41) is 87.9. The monoisotopic (exact) mass is 977 g/mol. The summed E-state index contributed by atoms with van der Waals surface area (Å²) in [5.74, 6) is -3.68. The first-order chi connectivity index (χ1) is 32.2. The molecule has 0 aromatic rings. The molecule has 21 atom stereocenters. The maximum absolute atomic E-state index is 13.8. The predicted molar refractivity (Wildman–Crippen MR) is 243 cm³/mol. The van der Waals surface area contributed by atoms with Gasteiger partial charge in [0.15, 0.2) is 24.8 Å². The van der Waals surface area contributed by atoms with Gasteiger partial charge in [0.05, 0.1) is 30.8 Å². The Morgan fingerprint density at radius 1 is 0.812 bits per heavy atom. The van der Waals surface area contributed by atoms with E-state index >= 15 is 0 Å². The molecule has 2 aliphatic heterocycles. The molecule has 0 spiro atoms. The number of aliphatic hydroxyl groups excluding tert-OH is 7. The number of carbonyl (C=O) groups excluding carboxylic acids is 3. The van der Waals surface area contributed by atoms with Gasteiger partial charge in [-0.25, -0.2) is 14.4 Å². The van der Waals surface area contributed by atoms with Gasteiger partial charge in [-0.15, -0.1) is 0 Å². The second-order valence-electron chi connectivity index (χ2n) is 23.0. The molecule has 388 valence electrons. The minimum atomic E-state index is -1.96. The van der Waals surface area contributed by atoms with Crippen molar-refractivity contribution in [1.82, 2.24) is 0 Å². The summed E-state index contributed by atoms with van der Waals surface area (Å²) in [6.07, 6.45) is -10.5. The summed E-state index contributed by atoms with van der Waals surface area (Å²) in [4.78, 5) is 53.4. The van der Waals surface area contributed by atoms with E-state index in [1.54, 1.807) is 39.8 Å². The van der Waals surface area contributed by atoms with Gasteiger partial charge in [0.2, 0.25) is 0 Å². The molecular weight excluding hydrogens is 901 g/mol. The zero-order valence-corrected chi connectivity index (χ0v) is 41.6. The highest BCUT2D eigenvalue weighted by atomic mass is 16.7. The van der Waals surface area contributed by atoms with Crippen molar-refractivity contribution in [2.45, 2.75) is 194 Å². The Hall–Kier alpha value is -3.14. The molecule has 0 radical (unpaired) electrons. The first kappa shape index (κ1) is 53.7. The molecule has 69 heavy (non-hydrogen) atoms. The number of aliphatic carboxylic acids is 1. The van der Waals surface area contributed by atoms with Gasteiger partial charge in [0, 0.05) is 22.0 Å². The molecule has 7 aliphatic rings. The quantitative estimate of drug-likeness (QED) is 0.0486. The second-order valence-corrected chi connectivity index (χ2v) is 23.0. The molecule has 0 aromatic heterocycles. The van der Waals surface area contributed by atoms with Crippen LogP contribution in [0, 0.1) is 50.2 Å². The number of allylic oxidation sites excluding steroid dienone is 4. The molecule has 0 bridgehead atoms. The van der Waals surface area contributed by atoms with Crippen molar-refractivity contribution < 1.29 is 88.5 Å². The Morgan fingerprint density at radius 3 is 2.01 bits per heavy atom. The van der Waals surface area contributed by atoms with E-state index in [0.29, 0.717) is 49.7 Å². The number of aliphatic hydroxyl groups is 7. The largest absolute Gasteiger partial charge is 0.479 e. The fraction of sp³-hybridized carbons (Fsp3) is 0.804. The number of carbonyl (C=O) groups is 4. The fourth-order valence-corrected chi connectivity index (χ4v) is 14.6. The van der Waals surface area contributed by atoms with Gasteiger partial charge in [-0.05, 0) is 107 Å². The smallest absolute Gasteiger partial charge is 0.335 e. The van der Waals surface area contributed by atoms with Crippen LogP contribution < -0.4 is 0 Å². The van der Waals surface area contributed by atoms with E-state index in [0.717, 1.165) is 11.9 Å². The topological polar surface area (TPSA) is 285 Å². The minimum absolute atomic E-state index is 0.0387. The van der Waals surface area contributed by atoms with Crippen LogP contribution in [0.5, 0.6) is 0 Å². The zero-order chi connectivity index (χ0) is 51.1. The molecule has 5 aliphatic carbocycles. The lowest BCUT2D eigenvalue weighted by atomic mass is 9.31. The zero-order valence-electron chi connectivity index (χ0n) is 41.6. The third-order valence-electron chi connectivity index (χ3n) is 18.8. The van der Waals surface area contributed by atoms with Crippen molar-refractivity contribution >= 4 is 24.2 Å². The lowest BCUT2D eigenvalue weighted by molar-refractivity contribution is -0.351. The molecule has 18 nitrogen and oxygen atoms in total. The van der Waals surface area contributed by atoms with E-state index in [2.05, 4.69) is 26.8 Å². The van der Waals surface area contributed by atoms with Gasteiger partial charge < -0.3 is 74.1 Å². The van der Waals surface area contributed by atoms with Crippen molar-refractivity contribution in [3.63, 3.8) is 0 Å². The number of fused-ring (bicyclic) bond motifs is 7. The first-order valence-corrected chi connectivity index (χ1v) is 24.5. The highest BCUT2D eigenvalue weighted by molar-refractivity contribution is 5.89. The van der Waals surface area contributed by atoms with E-state index in [4.69, 9.17) is 28.4 Å². The molecule has 2 saturated heterocycles. The van der Waals surface area contributed by atoms with Gasteiger partial charge >= 0.3 is 17.9 Å². The Bertz CT molecular complexity index is 2090. The Morgan fingerprint density at radius 2 is 1.43 bits per heavy atom. The van der Waals surface area contributed by atoms with Gasteiger partial charge in [0.25, 0.3) is 0 Å². The third-order valence-corrected chi connectivity index (χ3v) is 18.8. The van der Waals surface area contributed by atoms with Crippen LogP contribution in [-0.2, 0) is 47.6 Å². The van der Waals surface area contributed by atoms with E-state index < -0.39 is 149 Å². The van der Waals surface area contributed by atoms with Crippen LogP contribution in [0.25, 0.3) is 0 Å². The summed E-state index contributed by atoms with van der Waals surface area (Å²) in [6, 6.07) is 0. The summed E-state index contributed by atoms with van der Waals surface area (Å²) >= 11 is 0. The Labute approximate surface area is 404 Å². The number of hydrogen-bond acceptors (Lipinski definition) is 17. The Balaban J connectivity index is 1.20. The molecule has 21 unspecified atom stereocenters. The summed E-state index contributed by atoms with van der Waals surface area (Å²) in [7, 11) is 0. The summed E-state index contributed by atoms with van der Waals surface area (Å²) < 4.78 is 35.7. The number of rotatable bonds is 11. The number of hydrogen-bond donors (Lipinski definition) is 8. The van der Waals surface area contributed by atoms with Crippen molar-refractivity contribution in [2.24, 2.45) is 50.2 Å². The molecule has 0 amide bonds. The van der Waals surface area contributed by atoms with E-state index in [1.807, 2.05) is 20.8 Å². The number of carboxylic acid groups (broad SMARTS) is 1. The molecule has 6 fully saturated rings. The molecule has 18 heteroatoms. The van der Waals surface area contributed by atoms with Crippen LogP contribution >= 0.6 is 0 Å². The predicted octanol–water partition coefficient (Wildman–Crippen LogP) is 2.65. The minimum Gasteiger partial charge on any atom is -0.479 e. The molecule has 2 heterocycles. The standard InChI is InChI=1S/C51H76O18/c1-11-24(3)42(62)68-39-40(69-43(63)25(4)12-2)51(23-53)28(18-46(39,5)6)27-13-14-30-48(8)16-15-26(17-31(48)47(7,22-52)21-50(30,10)49(27,9)19-32(51)55)65-45-36(59)37(35(58)38(67-45)41(60)61)66-44-34(57)33(56)29(54)20-64-44/h11-13,22,26,28-40,44-45,53-59H,14-21,23H2,1-10H3,(H,60,61). The average Bonchev–Trinajstić information content (AvgIpc) is 3.29. The summed E-state index contributed by atoms with van der Waals surface area (Å²) in [6.45, 7) is 18.0. The highest BCUT2D eigenvalue weighted by Gasteiger charge is 2.75.